The number of carbonyl (C=O) groups excluding carboxylic acids is 2. The lowest BCUT2D eigenvalue weighted by Crippen LogP contribution is -2.31. The van der Waals surface area contributed by atoms with Crippen LogP contribution in [0.2, 0.25) is 5.02 Å². The van der Waals surface area contributed by atoms with Crippen molar-refractivity contribution in [1.82, 2.24) is 0 Å². The van der Waals surface area contributed by atoms with E-state index in [1.54, 1.807) is 12.1 Å². The van der Waals surface area contributed by atoms with E-state index in [0.717, 1.165) is 0 Å². The normalized spacial score (nSPS) is 11.2. The van der Waals surface area contributed by atoms with E-state index in [0.29, 0.717) is 16.5 Å². The largest absolute Gasteiger partial charge is 0.495 e. The number of halogens is 1. The summed E-state index contributed by atoms with van der Waals surface area (Å²) in [7, 11) is 1.44. The summed E-state index contributed by atoms with van der Waals surface area (Å²) >= 11 is 5.90. The van der Waals surface area contributed by atoms with E-state index < -0.39 is 29.5 Å². The number of rotatable bonds is 8. The summed E-state index contributed by atoms with van der Waals surface area (Å²) in [6.07, 6.45) is -1.10. The molecule has 0 fully saturated rings. The minimum Gasteiger partial charge on any atom is -0.495 e. The smallest absolute Gasteiger partial charge is 0.344 e. The number of amides is 1. The van der Waals surface area contributed by atoms with E-state index >= 15 is 0 Å². The van der Waals surface area contributed by atoms with Crippen LogP contribution >= 0.6 is 11.6 Å². The number of benzene rings is 2. The Kier molecular flexibility index (Phi) is 7.16. The number of non-ortho nitro benzene ring substituents is 1. The molecule has 0 aromatic heterocycles. The highest BCUT2D eigenvalue weighted by atomic mass is 35.5. The van der Waals surface area contributed by atoms with Crippen molar-refractivity contribution in [2.75, 3.05) is 19.0 Å². The first kappa shape index (κ1) is 21.0. The molecule has 0 aliphatic rings. The molecule has 1 amide bonds. The number of anilines is 1. The van der Waals surface area contributed by atoms with Crippen LogP contribution in [0.4, 0.5) is 11.4 Å². The molecule has 1 atom stereocenters. The molecule has 0 bridgehead atoms. The number of esters is 1. The van der Waals surface area contributed by atoms with Gasteiger partial charge in [-0.3, -0.25) is 14.9 Å². The molecule has 2 aromatic carbocycles. The summed E-state index contributed by atoms with van der Waals surface area (Å²) in [6, 6.07) is 9.90. The minimum atomic E-state index is -1.10. The predicted octanol–water partition coefficient (Wildman–Crippen LogP) is 3.21. The Balaban J connectivity index is 1.86. The zero-order chi connectivity index (χ0) is 20.7. The third-order valence-electron chi connectivity index (χ3n) is 3.50. The Morgan fingerprint density at radius 1 is 1.21 bits per heavy atom. The second-order valence-corrected chi connectivity index (χ2v) is 5.94. The van der Waals surface area contributed by atoms with E-state index in [9.17, 15) is 19.7 Å². The fourth-order valence-electron chi connectivity index (χ4n) is 2.10. The van der Waals surface area contributed by atoms with Crippen LogP contribution in [0.15, 0.2) is 42.5 Å². The number of methoxy groups -OCH3 is 1. The molecular weight excluding hydrogens is 392 g/mol. The molecule has 0 aliphatic carbocycles. The van der Waals surface area contributed by atoms with Gasteiger partial charge >= 0.3 is 5.97 Å². The van der Waals surface area contributed by atoms with Crippen molar-refractivity contribution in [2.45, 2.75) is 13.0 Å². The van der Waals surface area contributed by atoms with E-state index in [1.807, 2.05) is 0 Å². The monoisotopic (exact) mass is 408 g/mol. The minimum absolute atomic E-state index is 0.100. The average Bonchev–Trinajstić information content (AvgIpc) is 2.66. The molecule has 0 saturated heterocycles. The van der Waals surface area contributed by atoms with Crippen LogP contribution in [0.5, 0.6) is 11.5 Å². The van der Waals surface area contributed by atoms with E-state index in [1.165, 1.54) is 44.4 Å². The quantitative estimate of drug-likeness (QED) is 0.405. The van der Waals surface area contributed by atoms with Gasteiger partial charge in [0.15, 0.2) is 12.7 Å². The number of nitrogens with zero attached hydrogens (tertiary/aromatic N) is 1. The van der Waals surface area contributed by atoms with E-state index in [-0.39, 0.29) is 11.4 Å². The van der Waals surface area contributed by atoms with E-state index in [4.69, 9.17) is 25.8 Å². The maximum absolute atomic E-state index is 12.2. The van der Waals surface area contributed by atoms with Gasteiger partial charge in [0.1, 0.15) is 11.5 Å². The second kappa shape index (κ2) is 9.56. The number of hydrogen-bond donors (Lipinski definition) is 1. The average molecular weight is 409 g/mol. The highest BCUT2D eigenvalue weighted by Gasteiger charge is 2.20. The summed E-state index contributed by atoms with van der Waals surface area (Å²) in [5, 5.41) is 13.6. The number of nitrogens with one attached hydrogen (secondary N) is 1. The molecule has 9 nitrogen and oxygen atoms in total. The number of carbonyl (C=O) groups is 2. The van der Waals surface area contributed by atoms with Crippen LogP contribution in [-0.4, -0.2) is 36.6 Å². The van der Waals surface area contributed by atoms with Crippen molar-refractivity contribution in [2.24, 2.45) is 0 Å². The summed E-state index contributed by atoms with van der Waals surface area (Å²) in [6.45, 7) is 0.937. The first-order valence-electron chi connectivity index (χ1n) is 8.01. The fraction of sp³-hybridized carbons (Fsp3) is 0.222. The number of ether oxygens (including phenoxy) is 3. The maximum atomic E-state index is 12.2. The number of nitro benzene ring substituents is 1. The molecule has 0 spiro atoms. The molecule has 10 heteroatoms. The van der Waals surface area contributed by atoms with Crippen LogP contribution < -0.4 is 14.8 Å². The Bertz CT molecular complexity index is 871. The third-order valence-corrected chi connectivity index (χ3v) is 3.74. The van der Waals surface area contributed by atoms with Gasteiger partial charge in [-0.15, -0.1) is 0 Å². The standard InChI is InChI=1S/C18H17ClN2O7/c1-11(18(23)20-15-9-12(19)3-8-16(15)26-2)28-17(22)10-27-14-6-4-13(5-7-14)21(24)25/h3-9,11H,10H2,1-2H3,(H,20,23)/t11-/m0/s1. The molecule has 28 heavy (non-hydrogen) atoms. The molecule has 1 N–H and O–H groups in total. The molecule has 0 unspecified atom stereocenters. The van der Waals surface area contributed by atoms with Crippen molar-refractivity contribution < 1.29 is 28.7 Å². The lowest BCUT2D eigenvalue weighted by atomic mass is 10.2. The summed E-state index contributed by atoms with van der Waals surface area (Å²) in [5.41, 5.74) is 0.238. The van der Waals surface area contributed by atoms with Crippen molar-refractivity contribution >= 4 is 34.9 Å². The maximum Gasteiger partial charge on any atom is 0.344 e. The fourth-order valence-corrected chi connectivity index (χ4v) is 2.28. The van der Waals surface area contributed by atoms with Gasteiger partial charge in [-0.05, 0) is 37.3 Å². The molecule has 148 valence electrons. The molecular formula is C18H17ClN2O7. The van der Waals surface area contributed by atoms with Crippen LogP contribution in [0, 0.1) is 10.1 Å². The third kappa shape index (κ3) is 5.85. The lowest BCUT2D eigenvalue weighted by molar-refractivity contribution is -0.384. The van der Waals surface area contributed by atoms with Crippen molar-refractivity contribution in [3.63, 3.8) is 0 Å². The van der Waals surface area contributed by atoms with Crippen LogP contribution in [0.25, 0.3) is 0 Å². The number of nitro groups is 1. The SMILES string of the molecule is COc1ccc(Cl)cc1NC(=O)[C@H](C)OC(=O)COc1ccc([N+](=O)[O-])cc1. The van der Waals surface area contributed by atoms with Gasteiger partial charge < -0.3 is 19.5 Å². The Morgan fingerprint density at radius 2 is 1.89 bits per heavy atom. The molecule has 0 heterocycles. The Hall–Kier alpha value is -3.33. The van der Waals surface area contributed by atoms with Gasteiger partial charge in [0.2, 0.25) is 0 Å². The van der Waals surface area contributed by atoms with Crippen LogP contribution in [0.3, 0.4) is 0 Å². The van der Waals surface area contributed by atoms with Crippen molar-refractivity contribution in [3.8, 4) is 11.5 Å². The van der Waals surface area contributed by atoms with Gasteiger partial charge in [-0.25, -0.2) is 4.79 Å². The zero-order valence-electron chi connectivity index (χ0n) is 15.0. The number of hydrogen-bond acceptors (Lipinski definition) is 7. The summed E-state index contributed by atoms with van der Waals surface area (Å²) < 4.78 is 15.3. The first-order valence-corrected chi connectivity index (χ1v) is 8.39. The van der Waals surface area contributed by atoms with Gasteiger partial charge in [-0.2, -0.15) is 0 Å². The van der Waals surface area contributed by atoms with Gasteiger partial charge in [0.05, 0.1) is 17.7 Å². The Labute approximate surface area is 165 Å². The van der Waals surface area contributed by atoms with Crippen molar-refractivity contribution in [1.29, 1.82) is 0 Å². The molecule has 0 aliphatic heterocycles. The lowest BCUT2D eigenvalue weighted by Gasteiger charge is -2.15. The molecule has 2 aromatic rings. The zero-order valence-corrected chi connectivity index (χ0v) is 15.8. The van der Waals surface area contributed by atoms with Crippen LogP contribution in [0.1, 0.15) is 6.92 Å². The predicted molar refractivity (Wildman–Crippen MR) is 101 cm³/mol. The highest BCUT2D eigenvalue weighted by molar-refractivity contribution is 6.31. The highest BCUT2D eigenvalue weighted by Crippen LogP contribution is 2.27. The van der Waals surface area contributed by atoms with Crippen molar-refractivity contribution in [3.05, 3.63) is 57.6 Å². The first-order chi connectivity index (χ1) is 13.3. The molecule has 0 saturated carbocycles. The summed E-state index contributed by atoms with van der Waals surface area (Å²) in [4.78, 5) is 34.1. The molecule has 2 rings (SSSR count). The van der Waals surface area contributed by atoms with Crippen LogP contribution in [-0.2, 0) is 14.3 Å². The molecule has 0 radical (unpaired) electrons. The van der Waals surface area contributed by atoms with Gasteiger partial charge in [0, 0.05) is 17.2 Å². The van der Waals surface area contributed by atoms with Gasteiger partial charge in [-0.1, -0.05) is 11.6 Å². The second-order valence-electron chi connectivity index (χ2n) is 5.51. The topological polar surface area (TPSA) is 117 Å². The Morgan fingerprint density at radius 3 is 2.50 bits per heavy atom. The van der Waals surface area contributed by atoms with Gasteiger partial charge in [0.25, 0.3) is 11.6 Å². The van der Waals surface area contributed by atoms with E-state index in [2.05, 4.69) is 5.32 Å². The summed E-state index contributed by atoms with van der Waals surface area (Å²) in [5.74, 6) is -0.704.